The van der Waals surface area contributed by atoms with Crippen molar-refractivity contribution in [1.82, 2.24) is 4.57 Å². The SMILES string of the molecule is CCn1cc(C=Nc2oc(C)c(C)c2C#N)c2ccccc21. The molecule has 4 heteroatoms. The van der Waals surface area contributed by atoms with Crippen LogP contribution < -0.4 is 0 Å². The lowest BCUT2D eigenvalue weighted by Crippen LogP contribution is -1.89. The summed E-state index contributed by atoms with van der Waals surface area (Å²) in [5.74, 6) is 1.12. The topological polar surface area (TPSA) is 54.2 Å². The molecule has 0 aliphatic rings. The number of fused-ring (bicyclic) bond motifs is 1. The third-order valence-corrected chi connectivity index (χ3v) is 3.96. The van der Waals surface area contributed by atoms with Gasteiger partial charge < -0.3 is 8.98 Å². The lowest BCUT2D eigenvalue weighted by molar-refractivity contribution is 0.542. The summed E-state index contributed by atoms with van der Waals surface area (Å²) in [6.07, 6.45) is 3.84. The highest BCUT2D eigenvalue weighted by Crippen LogP contribution is 2.28. The normalized spacial score (nSPS) is 11.4. The molecule has 0 spiro atoms. The Morgan fingerprint density at radius 2 is 2.09 bits per heavy atom. The number of nitriles is 1. The summed E-state index contributed by atoms with van der Waals surface area (Å²) >= 11 is 0. The summed E-state index contributed by atoms with van der Waals surface area (Å²) in [6, 6.07) is 10.4. The van der Waals surface area contributed by atoms with Gasteiger partial charge in [0.15, 0.2) is 0 Å². The highest BCUT2D eigenvalue weighted by molar-refractivity contribution is 6.00. The van der Waals surface area contributed by atoms with E-state index in [4.69, 9.17) is 4.42 Å². The average molecular weight is 291 g/mol. The van der Waals surface area contributed by atoms with Crippen molar-refractivity contribution in [2.75, 3.05) is 0 Å². The predicted octanol–water partition coefficient (Wildman–Crippen LogP) is 4.49. The van der Waals surface area contributed by atoms with Gasteiger partial charge in [-0.05, 0) is 26.8 Å². The van der Waals surface area contributed by atoms with Crippen LogP contribution in [-0.4, -0.2) is 10.8 Å². The monoisotopic (exact) mass is 291 g/mol. The Balaban J connectivity index is 2.07. The summed E-state index contributed by atoms with van der Waals surface area (Å²) in [6.45, 7) is 6.73. The molecule has 0 saturated carbocycles. The second-order valence-electron chi connectivity index (χ2n) is 5.22. The van der Waals surface area contributed by atoms with Gasteiger partial charge in [-0.3, -0.25) is 0 Å². The van der Waals surface area contributed by atoms with Crippen LogP contribution in [0.2, 0.25) is 0 Å². The maximum absolute atomic E-state index is 9.24. The van der Waals surface area contributed by atoms with Crippen LogP contribution >= 0.6 is 0 Å². The van der Waals surface area contributed by atoms with Gasteiger partial charge in [0.2, 0.25) is 5.88 Å². The van der Waals surface area contributed by atoms with Gasteiger partial charge >= 0.3 is 0 Å². The van der Waals surface area contributed by atoms with Gasteiger partial charge in [-0.1, -0.05) is 18.2 Å². The first kappa shape index (κ1) is 14.2. The summed E-state index contributed by atoms with van der Waals surface area (Å²) in [4.78, 5) is 4.40. The van der Waals surface area contributed by atoms with Gasteiger partial charge in [0.1, 0.15) is 17.4 Å². The molecule has 0 radical (unpaired) electrons. The maximum Gasteiger partial charge on any atom is 0.237 e. The fraction of sp³-hybridized carbons (Fsp3) is 0.222. The van der Waals surface area contributed by atoms with Gasteiger partial charge in [0.05, 0.1) is 0 Å². The largest absolute Gasteiger partial charge is 0.442 e. The molecular weight excluding hydrogens is 274 g/mol. The molecule has 3 rings (SSSR count). The Morgan fingerprint density at radius 3 is 2.82 bits per heavy atom. The Labute approximate surface area is 129 Å². The smallest absolute Gasteiger partial charge is 0.237 e. The lowest BCUT2D eigenvalue weighted by Gasteiger charge is -1.97. The van der Waals surface area contributed by atoms with E-state index in [1.165, 1.54) is 5.52 Å². The zero-order valence-corrected chi connectivity index (χ0v) is 12.9. The van der Waals surface area contributed by atoms with E-state index in [2.05, 4.69) is 40.9 Å². The van der Waals surface area contributed by atoms with E-state index >= 15 is 0 Å². The Kier molecular flexibility index (Phi) is 3.56. The van der Waals surface area contributed by atoms with Crippen LogP contribution in [0.1, 0.15) is 29.4 Å². The number of benzene rings is 1. The van der Waals surface area contributed by atoms with Crippen LogP contribution in [-0.2, 0) is 6.54 Å². The van der Waals surface area contributed by atoms with Crippen LogP contribution in [0, 0.1) is 25.2 Å². The van der Waals surface area contributed by atoms with Crippen molar-refractivity contribution in [3.63, 3.8) is 0 Å². The first-order valence-corrected chi connectivity index (χ1v) is 7.27. The molecule has 0 bridgehead atoms. The minimum atomic E-state index is 0.380. The van der Waals surface area contributed by atoms with Crippen molar-refractivity contribution in [3.05, 3.63) is 52.9 Å². The van der Waals surface area contributed by atoms with Gasteiger partial charge in [-0.15, -0.1) is 0 Å². The highest BCUT2D eigenvalue weighted by atomic mass is 16.4. The Bertz CT molecular complexity index is 906. The van der Waals surface area contributed by atoms with Crippen LogP contribution in [0.3, 0.4) is 0 Å². The van der Waals surface area contributed by atoms with Gasteiger partial charge in [-0.2, -0.15) is 5.26 Å². The molecule has 0 aliphatic carbocycles. The minimum Gasteiger partial charge on any atom is -0.442 e. The number of hydrogen-bond acceptors (Lipinski definition) is 3. The lowest BCUT2D eigenvalue weighted by atomic mass is 10.2. The van der Waals surface area contributed by atoms with E-state index in [1.54, 1.807) is 6.21 Å². The third kappa shape index (κ3) is 2.21. The molecule has 2 heterocycles. The van der Waals surface area contributed by atoms with Crippen LogP contribution in [0.15, 0.2) is 39.9 Å². The number of rotatable bonds is 3. The van der Waals surface area contributed by atoms with E-state index in [0.717, 1.165) is 28.8 Å². The van der Waals surface area contributed by atoms with E-state index in [0.29, 0.717) is 11.4 Å². The van der Waals surface area contributed by atoms with Crippen molar-refractivity contribution >= 4 is 23.0 Å². The molecule has 0 atom stereocenters. The number of aromatic nitrogens is 1. The Hall–Kier alpha value is -2.80. The molecule has 22 heavy (non-hydrogen) atoms. The first-order valence-electron chi connectivity index (χ1n) is 7.27. The number of aryl methyl sites for hydroxylation is 2. The second kappa shape index (κ2) is 5.53. The molecule has 0 saturated heterocycles. The number of aliphatic imine (C=N–C) groups is 1. The highest BCUT2D eigenvalue weighted by Gasteiger charge is 2.13. The zero-order valence-electron chi connectivity index (χ0n) is 12.9. The van der Waals surface area contributed by atoms with Crippen molar-refractivity contribution in [1.29, 1.82) is 5.26 Å². The van der Waals surface area contributed by atoms with Crippen molar-refractivity contribution in [3.8, 4) is 6.07 Å². The van der Waals surface area contributed by atoms with Crippen LogP contribution in [0.25, 0.3) is 10.9 Å². The second-order valence-corrected chi connectivity index (χ2v) is 5.22. The number of hydrogen-bond donors (Lipinski definition) is 0. The standard InChI is InChI=1S/C18H17N3O/c1-4-21-11-14(15-7-5-6-8-17(15)21)10-20-18-16(9-19)12(2)13(3)22-18/h5-8,10-11H,4H2,1-3H3. The van der Waals surface area contributed by atoms with E-state index in [-0.39, 0.29) is 0 Å². The molecule has 0 unspecified atom stereocenters. The molecule has 1 aromatic carbocycles. The minimum absolute atomic E-state index is 0.380. The quantitative estimate of drug-likeness (QED) is 0.667. The fourth-order valence-corrected chi connectivity index (χ4v) is 2.60. The van der Waals surface area contributed by atoms with Gasteiger partial charge in [0.25, 0.3) is 0 Å². The van der Waals surface area contributed by atoms with Crippen LogP contribution in [0.4, 0.5) is 5.88 Å². The van der Waals surface area contributed by atoms with Crippen molar-refractivity contribution in [2.24, 2.45) is 4.99 Å². The van der Waals surface area contributed by atoms with E-state index in [1.807, 2.05) is 26.0 Å². The predicted molar refractivity (Wildman–Crippen MR) is 87.8 cm³/mol. The van der Waals surface area contributed by atoms with Gasteiger partial charge in [0, 0.05) is 41.0 Å². The number of nitrogens with zero attached hydrogens (tertiary/aromatic N) is 3. The fourth-order valence-electron chi connectivity index (χ4n) is 2.60. The van der Waals surface area contributed by atoms with Crippen LogP contribution in [0.5, 0.6) is 0 Å². The van der Waals surface area contributed by atoms with E-state index in [9.17, 15) is 5.26 Å². The van der Waals surface area contributed by atoms with E-state index < -0.39 is 0 Å². The molecule has 3 aromatic rings. The first-order chi connectivity index (χ1) is 10.7. The molecular formula is C18H17N3O. The molecule has 0 amide bonds. The van der Waals surface area contributed by atoms with Crippen molar-refractivity contribution in [2.45, 2.75) is 27.3 Å². The average Bonchev–Trinajstić information content (AvgIpc) is 3.03. The zero-order chi connectivity index (χ0) is 15.7. The molecule has 110 valence electrons. The maximum atomic E-state index is 9.24. The third-order valence-electron chi connectivity index (χ3n) is 3.96. The molecule has 2 aromatic heterocycles. The Morgan fingerprint density at radius 1 is 1.32 bits per heavy atom. The summed E-state index contributed by atoms with van der Waals surface area (Å²) in [5, 5.41) is 10.4. The molecule has 4 nitrogen and oxygen atoms in total. The summed E-state index contributed by atoms with van der Waals surface area (Å²) in [7, 11) is 0. The number of furan rings is 1. The molecule has 0 aliphatic heterocycles. The molecule has 0 fully saturated rings. The molecule has 0 N–H and O–H groups in total. The summed E-state index contributed by atoms with van der Waals surface area (Å²) < 4.78 is 7.76. The summed E-state index contributed by atoms with van der Waals surface area (Å²) in [5.41, 5.74) is 3.56. The van der Waals surface area contributed by atoms with Crippen molar-refractivity contribution < 1.29 is 4.42 Å². The number of para-hydroxylation sites is 1. The van der Waals surface area contributed by atoms with Gasteiger partial charge in [-0.25, -0.2) is 4.99 Å².